The van der Waals surface area contributed by atoms with Gasteiger partial charge in [0, 0.05) is 11.1 Å². The van der Waals surface area contributed by atoms with Crippen LogP contribution in [0.4, 0.5) is 5.69 Å². The number of hydrogen-bond acceptors (Lipinski definition) is 3. The zero-order chi connectivity index (χ0) is 12.4. The molecule has 2 aromatic carbocycles. The lowest BCUT2D eigenvalue weighted by Crippen LogP contribution is -2.12. The Bertz CT molecular complexity index is 691. The van der Waals surface area contributed by atoms with Crippen molar-refractivity contribution in [2.45, 2.75) is 0 Å². The number of para-hydroxylation sites is 1. The van der Waals surface area contributed by atoms with Crippen molar-refractivity contribution in [2.75, 3.05) is 5.32 Å². The van der Waals surface area contributed by atoms with Crippen molar-refractivity contribution < 1.29 is 4.79 Å². The van der Waals surface area contributed by atoms with E-state index in [0.717, 1.165) is 15.8 Å². The summed E-state index contributed by atoms with van der Waals surface area (Å²) >= 11 is 1.34. The average molecular weight is 254 g/mol. The normalized spacial score (nSPS) is 10.4. The number of nitrogens with one attached hydrogen (secondary N) is 1. The molecule has 1 N–H and O–H groups in total. The van der Waals surface area contributed by atoms with Crippen LogP contribution in [0.3, 0.4) is 0 Å². The van der Waals surface area contributed by atoms with Crippen molar-refractivity contribution in [1.29, 1.82) is 0 Å². The number of amides is 1. The molecule has 0 saturated heterocycles. The molecule has 3 nitrogen and oxygen atoms in total. The minimum absolute atomic E-state index is 0.168. The quantitative estimate of drug-likeness (QED) is 0.760. The highest BCUT2D eigenvalue weighted by Gasteiger charge is 2.13. The van der Waals surface area contributed by atoms with Crippen LogP contribution in [-0.2, 0) is 0 Å². The molecule has 0 aliphatic rings. The van der Waals surface area contributed by atoms with Crippen LogP contribution < -0.4 is 5.32 Å². The molecular formula is C14H10N2OS. The molecule has 1 heterocycles. The Morgan fingerprint density at radius 3 is 2.56 bits per heavy atom. The number of nitrogens with zero attached hydrogens (tertiary/aromatic N) is 1. The van der Waals surface area contributed by atoms with E-state index in [1.165, 1.54) is 11.5 Å². The molecule has 4 heteroatoms. The number of fused-ring (bicyclic) bond motifs is 1. The molecule has 1 aromatic heterocycles. The summed E-state index contributed by atoms with van der Waals surface area (Å²) in [5, 5.41) is 3.74. The van der Waals surface area contributed by atoms with Gasteiger partial charge in [0.1, 0.15) is 5.69 Å². The van der Waals surface area contributed by atoms with Crippen molar-refractivity contribution >= 4 is 33.2 Å². The molecule has 0 bridgehead atoms. The number of hydrogen-bond donors (Lipinski definition) is 1. The Morgan fingerprint density at radius 2 is 1.72 bits per heavy atom. The van der Waals surface area contributed by atoms with E-state index in [2.05, 4.69) is 9.69 Å². The number of rotatable bonds is 2. The highest BCUT2D eigenvalue weighted by atomic mass is 32.1. The maximum atomic E-state index is 12.1. The van der Waals surface area contributed by atoms with E-state index in [-0.39, 0.29) is 5.91 Å². The Balaban J connectivity index is 1.93. The fourth-order valence-corrected chi connectivity index (χ4v) is 2.53. The SMILES string of the molecule is O=C(Nc1ccccc1)c1nsc2ccccc12. The smallest absolute Gasteiger partial charge is 0.276 e. The van der Waals surface area contributed by atoms with Crippen LogP contribution in [0.1, 0.15) is 10.5 Å². The Morgan fingerprint density at radius 1 is 1.00 bits per heavy atom. The number of carbonyl (C=O) groups is 1. The fourth-order valence-electron chi connectivity index (χ4n) is 1.76. The molecule has 3 aromatic rings. The standard InChI is InChI=1S/C14H10N2OS/c17-14(15-10-6-2-1-3-7-10)13-11-8-4-5-9-12(11)18-16-13/h1-9H,(H,15,17). The van der Waals surface area contributed by atoms with Crippen molar-refractivity contribution in [2.24, 2.45) is 0 Å². The van der Waals surface area contributed by atoms with E-state index in [4.69, 9.17) is 0 Å². The van der Waals surface area contributed by atoms with E-state index in [9.17, 15) is 4.79 Å². The Hall–Kier alpha value is -2.20. The fraction of sp³-hybridized carbons (Fsp3) is 0. The first-order valence-electron chi connectivity index (χ1n) is 5.55. The molecule has 3 rings (SSSR count). The maximum absolute atomic E-state index is 12.1. The van der Waals surface area contributed by atoms with Gasteiger partial charge in [0.05, 0.1) is 4.70 Å². The van der Waals surface area contributed by atoms with Crippen LogP contribution in [0.15, 0.2) is 54.6 Å². The van der Waals surface area contributed by atoms with E-state index >= 15 is 0 Å². The largest absolute Gasteiger partial charge is 0.321 e. The molecule has 0 unspecified atom stereocenters. The third kappa shape index (κ3) is 1.98. The molecule has 0 radical (unpaired) electrons. The number of carbonyl (C=O) groups excluding carboxylic acids is 1. The minimum atomic E-state index is -0.168. The molecule has 1 amide bonds. The highest BCUT2D eigenvalue weighted by Crippen LogP contribution is 2.22. The number of anilines is 1. The summed E-state index contributed by atoms with van der Waals surface area (Å²) in [4.78, 5) is 12.1. The summed E-state index contributed by atoms with van der Waals surface area (Å²) in [6.07, 6.45) is 0. The lowest BCUT2D eigenvalue weighted by Gasteiger charge is -2.02. The van der Waals surface area contributed by atoms with Crippen molar-refractivity contribution in [3.63, 3.8) is 0 Å². The average Bonchev–Trinajstić information content (AvgIpc) is 2.84. The monoisotopic (exact) mass is 254 g/mol. The topological polar surface area (TPSA) is 42.0 Å². The summed E-state index contributed by atoms with van der Waals surface area (Å²) in [6.45, 7) is 0. The van der Waals surface area contributed by atoms with E-state index in [0.29, 0.717) is 5.69 Å². The Kier molecular flexibility index (Phi) is 2.78. The maximum Gasteiger partial charge on any atom is 0.276 e. The van der Waals surface area contributed by atoms with Crippen LogP contribution in [0.2, 0.25) is 0 Å². The van der Waals surface area contributed by atoms with Gasteiger partial charge in [-0.3, -0.25) is 4.79 Å². The highest BCUT2D eigenvalue weighted by molar-refractivity contribution is 7.13. The van der Waals surface area contributed by atoms with Crippen molar-refractivity contribution in [1.82, 2.24) is 4.37 Å². The zero-order valence-corrected chi connectivity index (χ0v) is 10.3. The van der Waals surface area contributed by atoms with Gasteiger partial charge in [-0.1, -0.05) is 36.4 Å². The first kappa shape index (κ1) is 10.9. The van der Waals surface area contributed by atoms with Gasteiger partial charge in [0.25, 0.3) is 5.91 Å². The van der Waals surface area contributed by atoms with Crippen LogP contribution >= 0.6 is 11.5 Å². The van der Waals surface area contributed by atoms with Crippen molar-refractivity contribution in [3.05, 3.63) is 60.3 Å². The van der Waals surface area contributed by atoms with Gasteiger partial charge < -0.3 is 5.32 Å². The lowest BCUT2D eigenvalue weighted by molar-refractivity contribution is 0.102. The number of benzene rings is 2. The summed E-state index contributed by atoms with van der Waals surface area (Å²) in [7, 11) is 0. The second-order valence-corrected chi connectivity index (χ2v) is 4.65. The van der Waals surface area contributed by atoms with E-state index < -0.39 is 0 Å². The number of aromatic nitrogens is 1. The third-order valence-corrected chi connectivity index (χ3v) is 3.45. The van der Waals surface area contributed by atoms with Gasteiger partial charge in [-0.05, 0) is 29.7 Å². The molecule has 0 aliphatic carbocycles. The van der Waals surface area contributed by atoms with Gasteiger partial charge in [-0.2, -0.15) is 4.37 Å². The first-order valence-corrected chi connectivity index (χ1v) is 6.33. The van der Waals surface area contributed by atoms with Crippen molar-refractivity contribution in [3.8, 4) is 0 Å². The van der Waals surface area contributed by atoms with Crippen LogP contribution in [0, 0.1) is 0 Å². The molecule has 0 saturated carbocycles. The second-order valence-electron chi connectivity index (χ2n) is 3.85. The molecule has 88 valence electrons. The van der Waals surface area contributed by atoms with Gasteiger partial charge in [0.15, 0.2) is 0 Å². The molecule has 0 aliphatic heterocycles. The predicted molar refractivity (Wildman–Crippen MR) is 74.0 cm³/mol. The van der Waals surface area contributed by atoms with Crippen LogP contribution in [0.5, 0.6) is 0 Å². The van der Waals surface area contributed by atoms with Gasteiger partial charge in [0.2, 0.25) is 0 Å². The zero-order valence-electron chi connectivity index (χ0n) is 9.46. The summed E-state index contributed by atoms with van der Waals surface area (Å²) < 4.78 is 5.24. The first-order chi connectivity index (χ1) is 8.84. The molecule has 0 spiro atoms. The summed E-state index contributed by atoms with van der Waals surface area (Å²) in [6, 6.07) is 17.1. The van der Waals surface area contributed by atoms with E-state index in [1.807, 2.05) is 54.6 Å². The second kappa shape index (κ2) is 4.58. The summed E-state index contributed by atoms with van der Waals surface area (Å²) in [5.41, 5.74) is 1.26. The van der Waals surface area contributed by atoms with Gasteiger partial charge in [-0.15, -0.1) is 0 Å². The summed E-state index contributed by atoms with van der Waals surface area (Å²) in [5.74, 6) is -0.168. The predicted octanol–water partition coefficient (Wildman–Crippen LogP) is 3.55. The van der Waals surface area contributed by atoms with E-state index in [1.54, 1.807) is 0 Å². The minimum Gasteiger partial charge on any atom is -0.321 e. The molecule has 0 atom stereocenters. The van der Waals surface area contributed by atoms with Crippen LogP contribution in [-0.4, -0.2) is 10.3 Å². The Labute approximate surface area is 108 Å². The third-order valence-electron chi connectivity index (χ3n) is 2.62. The molecular weight excluding hydrogens is 244 g/mol. The molecule has 18 heavy (non-hydrogen) atoms. The van der Waals surface area contributed by atoms with Gasteiger partial charge >= 0.3 is 0 Å². The molecule has 0 fully saturated rings. The van der Waals surface area contributed by atoms with Gasteiger partial charge in [-0.25, -0.2) is 0 Å². The van der Waals surface area contributed by atoms with Crippen LogP contribution in [0.25, 0.3) is 10.1 Å². The lowest BCUT2D eigenvalue weighted by atomic mass is 10.2.